The fraction of sp³-hybridized carbons (Fsp3) is 0.364. The minimum absolute atomic E-state index is 0.712. The van der Waals surface area contributed by atoms with Crippen LogP contribution in [0, 0.1) is 0 Å². The summed E-state index contributed by atoms with van der Waals surface area (Å²) < 4.78 is 0. The van der Waals surface area contributed by atoms with Gasteiger partial charge in [-0.2, -0.15) is 0 Å². The highest BCUT2D eigenvalue weighted by Crippen LogP contribution is 1.92. The molecule has 0 aliphatic heterocycles. The fourth-order valence-corrected chi connectivity index (χ4v) is 1.11. The lowest BCUT2D eigenvalue weighted by Crippen LogP contribution is -2.40. The maximum Gasteiger partial charge on any atom is 0.169 e. The molecule has 0 aliphatic carbocycles. The number of nitrogens with zero attached hydrogens (tertiary/aromatic N) is 1. The number of hydrogen-bond acceptors (Lipinski definition) is 1. The van der Waals surface area contributed by atoms with Crippen LogP contribution in [0.25, 0.3) is 0 Å². The summed E-state index contributed by atoms with van der Waals surface area (Å²) in [6.07, 6.45) is 3.64. The van der Waals surface area contributed by atoms with E-state index >= 15 is 0 Å². The summed E-state index contributed by atoms with van der Waals surface area (Å²) in [4.78, 5) is 1.98. The summed E-state index contributed by atoms with van der Waals surface area (Å²) in [6, 6.07) is 0. The van der Waals surface area contributed by atoms with Crippen LogP contribution in [0.2, 0.25) is 0 Å². The summed E-state index contributed by atoms with van der Waals surface area (Å²) in [5, 5.41) is 3.83. The van der Waals surface area contributed by atoms with Crippen molar-refractivity contribution >= 4 is 17.3 Å². The first-order chi connectivity index (χ1) is 6.61. The fourth-order valence-electron chi connectivity index (χ4n) is 0.890. The molecule has 1 N–H and O–H groups in total. The zero-order chi connectivity index (χ0) is 11.0. The Balaban J connectivity index is 4.06. The van der Waals surface area contributed by atoms with Crippen molar-refractivity contribution in [3.8, 4) is 0 Å². The van der Waals surface area contributed by atoms with E-state index in [0.29, 0.717) is 11.7 Å². The molecular weight excluding hydrogens is 192 g/mol. The highest BCUT2D eigenvalue weighted by Gasteiger charge is 2.04. The van der Waals surface area contributed by atoms with E-state index in [1.54, 1.807) is 0 Å². The standard InChI is InChI=1S/C11H18N2S/c1-5-7-13(8-6-2)11(14)12-9-10(3)4/h5-6H,1-3,7-9H2,4H3,(H,12,14). The molecule has 0 aromatic carbocycles. The monoisotopic (exact) mass is 210 g/mol. The van der Waals surface area contributed by atoms with E-state index in [9.17, 15) is 0 Å². The second kappa shape index (κ2) is 7.33. The second-order valence-corrected chi connectivity index (χ2v) is 3.48. The Bertz CT molecular complexity index is 223. The summed E-state index contributed by atoms with van der Waals surface area (Å²) in [5.74, 6) is 0. The van der Waals surface area contributed by atoms with Crippen molar-refractivity contribution < 1.29 is 0 Å². The van der Waals surface area contributed by atoms with Gasteiger partial charge in [0.15, 0.2) is 5.11 Å². The maximum absolute atomic E-state index is 5.20. The van der Waals surface area contributed by atoms with Gasteiger partial charge in [0, 0.05) is 19.6 Å². The van der Waals surface area contributed by atoms with E-state index < -0.39 is 0 Å². The van der Waals surface area contributed by atoms with E-state index in [2.05, 4.69) is 25.1 Å². The highest BCUT2D eigenvalue weighted by molar-refractivity contribution is 7.80. The lowest BCUT2D eigenvalue weighted by molar-refractivity contribution is 0.504. The van der Waals surface area contributed by atoms with E-state index in [4.69, 9.17) is 12.2 Å². The summed E-state index contributed by atoms with van der Waals surface area (Å²) in [5.41, 5.74) is 1.06. The smallest absolute Gasteiger partial charge is 0.169 e. The number of nitrogens with one attached hydrogen (secondary N) is 1. The Kier molecular flexibility index (Phi) is 6.76. The van der Waals surface area contributed by atoms with Crippen molar-refractivity contribution in [1.29, 1.82) is 0 Å². The molecule has 3 heteroatoms. The Morgan fingerprint density at radius 2 is 1.86 bits per heavy atom. The lowest BCUT2D eigenvalue weighted by Gasteiger charge is -2.22. The van der Waals surface area contributed by atoms with E-state index in [1.165, 1.54) is 0 Å². The molecule has 0 aromatic heterocycles. The second-order valence-electron chi connectivity index (χ2n) is 3.10. The Labute approximate surface area is 92.0 Å². The van der Waals surface area contributed by atoms with E-state index in [-0.39, 0.29) is 0 Å². The van der Waals surface area contributed by atoms with Gasteiger partial charge in [0.2, 0.25) is 0 Å². The predicted octanol–water partition coefficient (Wildman–Crippen LogP) is 2.11. The third-order valence-electron chi connectivity index (χ3n) is 1.53. The van der Waals surface area contributed by atoms with Gasteiger partial charge in [0.1, 0.15) is 0 Å². The zero-order valence-electron chi connectivity index (χ0n) is 8.75. The molecule has 0 aliphatic rings. The van der Waals surface area contributed by atoms with Gasteiger partial charge in [0.25, 0.3) is 0 Å². The molecule has 0 saturated heterocycles. The van der Waals surface area contributed by atoms with Crippen LogP contribution >= 0.6 is 12.2 Å². The van der Waals surface area contributed by atoms with Gasteiger partial charge in [-0.15, -0.1) is 13.2 Å². The van der Waals surface area contributed by atoms with E-state index in [0.717, 1.165) is 18.7 Å². The van der Waals surface area contributed by atoms with Gasteiger partial charge in [0.05, 0.1) is 0 Å². The number of thiocarbonyl (C=S) groups is 1. The third-order valence-corrected chi connectivity index (χ3v) is 1.93. The van der Waals surface area contributed by atoms with Crippen LogP contribution in [0.4, 0.5) is 0 Å². The van der Waals surface area contributed by atoms with E-state index in [1.807, 2.05) is 24.0 Å². The van der Waals surface area contributed by atoms with Gasteiger partial charge in [-0.1, -0.05) is 24.3 Å². The first-order valence-electron chi connectivity index (χ1n) is 4.50. The first-order valence-corrected chi connectivity index (χ1v) is 4.91. The molecule has 0 bridgehead atoms. The van der Waals surface area contributed by atoms with Crippen LogP contribution in [0.5, 0.6) is 0 Å². The zero-order valence-corrected chi connectivity index (χ0v) is 9.57. The summed E-state index contributed by atoms with van der Waals surface area (Å²) in [7, 11) is 0. The van der Waals surface area contributed by atoms with Crippen LogP contribution in [0.1, 0.15) is 6.92 Å². The highest BCUT2D eigenvalue weighted by atomic mass is 32.1. The Hall–Kier alpha value is -1.09. The lowest BCUT2D eigenvalue weighted by atomic mass is 10.3. The molecular formula is C11H18N2S. The number of hydrogen-bond donors (Lipinski definition) is 1. The average Bonchev–Trinajstić information content (AvgIpc) is 2.14. The summed E-state index contributed by atoms with van der Waals surface area (Å²) >= 11 is 5.20. The van der Waals surface area contributed by atoms with Gasteiger partial charge < -0.3 is 10.2 Å². The molecule has 0 saturated carbocycles. The third kappa shape index (κ3) is 5.54. The van der Waals surface area contributed by atoms with Crippen molar-refractivity contribution in [2.75, 3.05) is 19.6 Å². The maximum atomic E-state index is 5.20. The molecule has 0 rings (SSSR count). The van der Waals surface area contributed by atoms with Crippen LogP contribution in [0.3, 0.4) is 0 Å². The van der Waals surface area contributed by atoms with Gasteiger partial charge in [-0.3, -0.25) is 0 Å². The molecule has 0 unspecified atom stereocenters. The normalized spacial score (nSPS) is 8.93. The largest absolute Gasteiger partial charge is 0.359 e. The SMILES string of the molecule is C=CCN(CC=C)C(=S)NCC(=C)C. The van der Waals surface area contributed by atoms with Crippen molar-refractivity contribution in [2.45, 2.75) is 6.92 Å². The molecule has 78 valence electrons. The van der Waals surface area contributed by atoms with Crippen molar-refractivity contribution in [3.63, 3.8) is 0 Å². The van der Waals surface area contributed by atoms with Gasteiger partial charge in [-0.05, 0) is 19.1 Å². The molecule has 0 radical (unpaired) electrons. The van der Waals surface area contributed by atoms with Crippen LogP contribution in [0.15, 0.2) is 37.5 Å². The molecule has 0 amide bonds. The molecule has 0 spiro atoms. The van der Waals surface area contributed by atoms with Gasteiger partial charge in [-0.25, -0.2) is 0 Å². The predicted molar refractivity (Wildman–Crippen MR) is 67.4 cm³/mol. The van der Waals surface area contributed by atoms with Gasteiger partial charge >= 0.3 is 0 Å². The Morgan fingerprint density at radius 1 is 1.36 bits per heavy atom. The molecule has 0 aromatic rings. The van der Waals surface area contributed by atoms with Crippen LogP contribution in [-0.4, -0.2) is 29.6 Å². The quantitative estimate of drug-likeness (QED) is 0.534. The van der Waals surface area contributed by atoms with Crippen LogP contribution < -0.4 is 5.32 Å². The van der Waals surface area contributed by atoms with Crippen molar-refractivity contribution in [2.24, 2.45) is 0 Å². The molecule has 14 heavy (non-hydrogen) atoms. The Morgan fingerprint density at radius 3 is 2.21 bits per heavy atom. The van der Waals surface area contributed by atoms with Crippen molar-refractivity contribution in [3.05, 3.63) is 37.5 Å². The topological polar surface area (TPSA) is 15.3 Å². The minimum atomic E-state index is 0.712. The minimum Gasteiger partial charge on any atom is -0.359 e. The number of rotatable bonds is 6. The van der Waals surface area contributed by atoms with Crippen LogP contribution in [-0.2, 0) is 0 Å². The first kappa shape index (κ1) is 12.9. The molecule has 0 heterocycles. The summed E-state index contributed by atoms with van der Waals surface area (Å²) in [6.45, 7) is 15.3. The molecule has 0 fully saturated rings. The van der Waals surface area contributed by atoms with Crippen molar-refractivity contribution in [1.82, 2.24) is 10.2 Å². The molecule has 2 nitrogen and oxygen atoms in total. The average molecular weight is 210 g/mol. The molecule has 0 atom stereocenters.